The van der Waals surface area contributed by atoms with E-state index in [1.54, 1.807) is 25.3 Å². The van der Waals surface area contributed by atoms with Gasteiger partial charge in [0.25, 0.3) is 5.91 Å². The molecular weight excluding hydrogens is 332 g/mol. The Kier molecular flexibility index (Phi) is 6.38. The zero-order valence-corrected chi connectivity index (χ0v) is 16.0. The summed E-state index contributed by atoms with van der Waals surface area (Å²) in [4.78, 5) is 15.0. The van der Waals surface area contributed by atoms with Crippen molar-refractivity contribution in [2.75, 3.05) is 33.4 Å². The topological polar surface area (TPSA) is 60.0 Å². The third kappa shape index (κ3) is 4.68. The summed E-state index contributed by atoms with van der Waals surface area (Å²) < 4.78 is 17.0. The summed E-state index contributed by atoms with van der Waals surface area (Å²) in [5, 5.41) is 3.01. The van der Waals surface area contributed by atoms with Crippen LogP contribution in [0, 0.1) is 0 Å². The Morgan fingerprint density at radius 2 is 2.00 bits per heavy atom. The lowest BCUT2D eigenvalue weighted by Crippen LogP contribution is -2.41. The smallest absolute Gasteiger partial charge is 0.251 e. The summed E-state index contributed by atoms with van der Waals surface area (Å²) in [5.41, 5.74) is 0.590. The highest BCUT2D eigenvalue weighted by Crippen LogP contribution is 2.31. The quantitative estimate of drug-likeness (QED) is 0.842. The van der Waals surface area contributed by atoms with E-state index in [2.05, 4.69) is 24.1 Å². The fraction of sp³-hybridized carbons (Fsp3) is 0.650. The summed E-state index contributed by atoms with van der Waals surface area (Å²) in [6.07, 6.45) is 2.98. The molecule has 0 aromatic heterocycles. The Hall–Kier alpha value is -1.79. The lowest BCUT2D eigenvalue weighted by molar-refractivity contribution is 0.0818. The molecule has 0 unspecified atom stereocenters. The molecule has 0 radical (unpaired) electrons. The number of hydrogen-bond donors (Lipinski definition) is 1. The maximum Gasteiger partial charge on any atom is 0.251 e. The van der Waals surface area contributed by atoms with Gasteiger partial charge in [-0.15, -0.1) is 0 Å². The van der Waals surface area contributed by atoms with Crippen molar-refractivity contribution in [2.24, 2.45) is 0 Å². The van der Waals surface area contributed by atoms with Crippen molar-refractivity contribution >= 4 is 5.91 Å². The highest BCUT2D eigenvalue weighted by atomic mass is 16.5. The van der Waals surface area contributed by atoms with Gasteiger partial charge in [-0.05, 0) is 51.3 Å². The number of rotatable bonds is 6. The Balaban J connectivity index is 1.65. The number of likely N-dealkylation sites (tertiary alicyclic amines) is 1. The van der Waals surface area contributed by atoms with E-state index in [0.29, 0.717) is 36.3 Å². The number of nitrogens with zero attached hydrogens (tertiary/aromatic N) is 1. The molecule has 1 aromatic carbocycles. The van der Waals surface area contributed by atoms with Crippen molar-refractivity contribution < 1.29 is 19.0 Å². The van der Waals surface area contributed by atoms with Gasteiger partial charge >= 0.3 is 0 Å². The number of amides is 1. The molecule has 6 heteroatoms. The molecule has 2 heterocycles. The van der Waals surface area contributed by atoms with Gasteiger partial charge in [0.15, 0.2) is 11.5 Å². The van der Waals surface area contributed by atoms with Gasteiger partial charge in [0.2, 0.25) is 0 Å². The van der Waals surface area contributed by atoms with Crippen molar-refractivity contribution in [1.29, 1.82) is 0 Å². The zero-order chi connectivity index (χ0) is 18.5. The van der Waals surface area contributed by atoms with Crippen LogP contribution < -0.4 is 14.8 Å². The van der Waals surface area contributed by atoms with Gasteiger partial charge in [0, 0.05) is 31.3 Å². The molecule has 2 saturated heterocycles. The lowest BCUT2D eigenvalue weighted by Gasteiger charge is -2.34. The van der Waals surface area contributed by atoms with E-state index in [-0.39, 0.29) is 18.1 Å². The molecule has 1 aromatic rings. The van der Waals surface area contributed by atoms with E-state index in [1.807, 2.05) is 0 Å². The molecule has 0 bridgehead atoms. The van der Waals surface area contributed by atoms with E-state index in [4.69, 9.17) is 14.2 Å². The SMILES string of the molecule is COc1ccc(C(=O)N[C@H]2CCOC2)cc1OC1CCN(C(C)C)CC1. The normalized spacial score (nSPS) is 21.8. The molecule has 2 aliphatic heterocycles. The highest BCUT2D eigenvalue weighted by molar-refractivity contribution is 5.95. The van der Waals surface area contributed by atoms with E-state index in [1.165, 1.54) is 0 Å². The Bertz CT molecular complexity index is 606. The number of methoxy groups -OCH3 is 1. The second-order valence-corrected chi connectivity index (χ2v) is 7.35. The minimum absolute atomic E-state index is 0.0920. The minimum atomic E-state index is -0.0948. The van der Waals surface area contributed by atoms with Gasteiger partial charge in [-0.2, -0.15) is 0 Å². The van der Waals surface area contributed by atoms with Crippen LogP contribution in [0.25, 0.3) is 0 Å². The number of carbonyl (C=O) groups excluding carboxylic acids is 1. The maximum absolute atomic E-state index is 12.5. The molecule has 6 nitrogen and oxygen atoms in total. The molecule has 144 valence electrons. The summed E-state index contributed by atoms with van der Waals surface area (Å²) in [6, 6.07) is 6.03. The number of benzene rings is 1. The monoisotopic (exact) mass is 362 g/mol. The molecular formula is C20H30N2O4. The fourth-order valence-corrected chi connectivity index (χ4v) is 3.52. The Morgan fingerprint density at radius 1 is 1.23 bits per heavy atom. The molecule has 2 aliphatic rings. The molecule has 3 rings (SSSR count). The van der Waals surface area contributed by atoms with Crippen molar-refractivity contribution in [1.82, 2.24) is 10.2 Å². The number of hydrogen-bond acceptors (Lipinski definition) is 5. The predicted octanol–water partition coefficient (Wildman–Crippen LogP) is 2.47. The van der Waals surface area contributed by atoms with Gasteiger partial charge < -0.3 is 24.4 Å². The largest absolute Gasteiger partial charge is 0.493 e. The first kappa shape index (κ1) is 19.0. The third-order valence-corrected chi connectivity index (χ3v) is 5.19. The van der Waals surface area contributed by atoms with E-state index < -0.39 is 0 Å². The molecule has 2 fully saturated rings. The number of carbonyl (C=O) groups is 1. The molecule has 0 saturated carbocycles. The Morgan fingerprint density at radius 3 is 2.62 bits per heavy atom. The van der Waals surface area contributed by atoms with Gasteiger partial charge in [-0.3, -0.25) is 4.79 Å². The first-order chi connectivity index (χ1) is 12.6. The lowest BCUT2D eigenvalue weighted by atomic mass is 10.1. The summed E-state index contributed by atoms with van der Waals surface area (Å²) in [6.45, 7) is 7.80. The molecule has 1 atom stereocenters. The molecule has 0 aliphatic carbocycles. The summed E-state index contributed by atoms with van der Waals surface area (Å²) in [5.74, 6) is 1.21. The van der Waals surface area contributed by atoms with Crippen molar-refractivity contribution in [3.63, 3.8) is 0 Å². The van der Waals surface area contributed by atoms with Crippen LogP contribution in [0.15, 0.2) is 18.2 Å². The predicted molar refractivity (Wildman–Crippen MR) is 100 cm³/mol. The van der Waals surface area contributed by atoms with E-state index in [0.717, 1.165) is 32.4 Å². The van der Waals surface area contributed by atoms with Crippen molar-refractivity contribution in [3.8, 4) is 11.5 Å². The van der Waals surface area contributed by atoms with Crippen LogP contribution in [0.2, 0.25) is 0 Å². The van der Waals surface area contributed by atoms with E-state index >= 15 is 0 Å². The molecule has 26 heavy (non-hydrogen) atoms. The van der Waals surface area contributed by atoms with Crippen molar-refractivity contribution in [3.05, 3.63) is 23.8 Å². The molecule has 1 amide bonds. The van der Waals surface area contributed by atoms with Crippen LogP contribution in [0.3, 0.4) is 0 Å². The van der Waals surface area contributed by atoms with Gasteiger partial charge in [-0.1, -0.05) is 0 Å². The number of ether oxygens (including phenoxy) is 3. The Labute approximate surface area is 155 Å². The first-order valence-electron chi connectivity index (χ1n) is 9.54. The minimum Gasteiger partial charge on any atom is -0.493 e. The third-order valence-electron chi connectivity index (χ3n) is 5.19. The van der Waals surface area contributed by atoms with E-state index in [9.17, 15) is 4.79 Å². The number of nitrogens with one attached hydrogen (secondary N) is 1. The van der Waals surface area contributed by atoms with Gasteiger partial charge in [0.1, 0.15) is 6.10 Å². The second-order valence-electron chi connectivity index (χ2n) is 7.35. The molecule has 1 N–H and O–H groups in total. The van der Waals surface area contributed by atoms with Crippen molar-refractivity contribution in [2.45, 2.75) is 51.3 Å². The van der Waals surface area contributed by atoms with Crippen LogP contribution in [0.5, 0.6) is 11.5 Å². The summed E-state index contributed by atoms with van der Waals surface area (Å²) >= 11 is 0. The van der Waals surface area contributed by atoms with Crippen LogP contribution in [-0.2, 0) is 4.74 Å². The van der Waals surface area contributed by atoms with Crippen LogP contribution >= 0.6 is 0 Å². The van der Waals surface area contributed by atoms with Crippen LogP contribution in [0.4, 0.5) is 0 Å². The zero-order valence-electron chi connectivity index (χ0n) is 16.0. The second kappa shape index (κ2) is 8.73. The van der Waals surface area contributed by atoms with Gasteiger partial charge in [-0.25, -0.2) is 0 Å². The molecule has 0 spiro atoms. The fourth-order valence-electron chi connectivity index (χ4n) is 3.52. The standard InChI is InChI=1S/C20H30N2O4/c1-14(2)22-9-6-17(7-10-22)26-19-12-15(4-5-18(19)24-3)20(23)21-16-8-11-25-13-16/h4-5,12,14,16-17H,6-11,13H2,1-3H3,(H,21,23)/t16-/m0/s1. The average Bonchev–Trinajstić information content (AvgIpc) is 3.15. The van der Waals surface area contributed by atoms with Crippen LogP contribution in [0.1, 0.15) is 43.5 Å². The highest BCUT2D eigenvalue weighted by Gasteiger charge is 2.24. The first-order valence-corrected chi connectivity index (χ1v) is 9.54. The maximum atomic E-state index is 12.5. The van der Waals surface area contributed by atoms with Gasteiger partial charge in [0.05, 0.1) is 19.8 Å². The average molecular weight is 362 g/mol. The number of piperidine rings is 1. The summed E-state index contributed by atoms with van der Waals surface area (Å²) in [7, 11) is 1.62. The van der Waals surface area contributed by atoms with Crippen LogP contribution in [-0.4, -0.2) is 62.4 Å².